The third-order valence-corrected chi connectivity index (χ3v) is 2.74. The van der Waals surface area contributed by atoms with E-state index in [1.165, 1.54) is 0 Å². The van der Waals surface area contributed by atoms with Crippen LogP contribution in [0.2, 0.25) is 0 Å². The summed E-state index contributed by atoms with van der Waals surface area (Å²) in [5, 5.41) is 2.78. The number of amides is 2. The van der Waals surface area contributed by atoms with Gasteiger partial charge in [-0.05, 0) is 12.8 Å². The van der Waals surface area contributed by atoms with Crippen molar-refractivity contribution in [3.05, 3.63) is 0 Å². The normalized spacial score (nSPS) is 19.8. The van der Waals surface area contributed by atoms with Gasteiger partial charge in [0.25, 0.3) is 5.91 Å². The van der Waals surface area contributed by atoms with Crippen LogP contribution in [0.15, 0.2) is 0 Å². The molecule has 1 unspecified atom stereocenters. The molecule has 0 aromatic heterocycles. The molecular formula is C10H20N4O2. The van der Waals surface area contributed by atoms with E-state index in [0.717, 1.165) is 25.8 Å². The summed E-state index contributed by atoms with van der Waals surface area (Å²) in [4.78, 5) is 24.9. The van der Waals surface area contributed by atoms with Crippen LogP contribution in [0.25, 0.3) is 0 Å². The van der Waals surface area contributed by atoms with Gasteiger partial charge in [0, 0.05) is 13.1 Å². The molecule has 0 bridgehead atoms. The molecule has 1 saturated heterocycles. The average Bonchev–Trinajstić information content (AvgIpc) is 2.49. The zero-order valence-corrected chi connectivity index (χ0v) is 9.66. The summed E-state index contributed by atoms with van der Waals surface area (Å²) < 4.78 is 0. The highest BCUT2D eigenvalue weighted by Crippen LogP contribution is 2.09. The van der Waals surface area contributed by atoms with Crippen molar-refractivity contribution in [2.75, 3.05) is 19.6 Å². The minimum Gasteiger partial charge on any atom is -0.355 e. The quantitative estimate of drug-likeness (QED) is 0.326. The number of nitrogens with zero attached hydrogens (tertiary/aromatic N) is 1. The Hall–Kier alpha value is -1.14. The van der Waals surface area contributed by atoms with E-state index in [9.17, 15) is 9.59 Å². The standard InChI is InChI=1S/C10H20N4O2/c1-2-4-8(10(16)13-11)14-6-3-5-12-9(15)7-14/h8H,2-7,11H2,1H3,(H,12,15)(H,13,16). The number of hydrogen-bond acceptors (Lipinski definition) is 4. The van der Waals surface area contributed by atoms with Crippen molar-refractivity contribution in [3.63, 3.8) is 0 Å². The van der Waals surface area contributed by atoms with Gasteiger partial charge < -0.3 is 5.32 Å². The van der Waals surface area contributed by atoms with Gasteiger partial charge >= 0.3 is 0 Å². The summed E-state index contributed by atoms with van der Waals surface area (Å²) in [6.07, 6.45) is 2.47. The van der Waals surface area contributed by atoms with Gasteiger partial charge in [0.2, 0.25) is 5.91 Å². The molecule has 0 aliphatic carbocycles. The van der Waals surface area contributed by atoms with Crippen LogP contribution in [-0.2, 0) is 9.59 Å². The lowest BCUT2D eigenvalue weighted by molar-refractivity contribution is -0.128. The van der Waals surface area contributed by atoms with Gasteiger partial charge in [-0.1, -0.05) is 13.3 Å². The van der Waals surface area contributed by atoms with Crippen molar-refractivity contribution < 1.29 is 9.59 Å². The van der Waals surface area contributed by atoms with Crippen LogP contribution >= 0.6 is 0 Å². The Kier molecular flexibility index (Phi) is 5.21. The van der Waals surface area contributed by atoms with Crippen LogP contribution in [0.5, 0.6) is 0 Å². The van der Waals surface area contributed by atoms with Gasteiger partial charge in [-0.15, -0.1) is 0 Å². The lowest BCUT2D eigenvalue weighted by Crippen LogP contribution is -2.50. The molecule has 1 rings (SSSR count). The Morgan fingerprint density at radius 2 is 2.44 bits per heavy atom. The monoisotopic (exact) mass is 228 g/mol. The summed E-state index contributed by atoms with van der Waals surface area (Å²) in [6, 6.07) is -0.293. The van der Waals surface area contributed by atoms with Gasteiger partial charge in [-0.2, -0.15) is 0 Å². The Bertz CT molecular complexity index is 257. The van der Waals surface area contributed by atoms with Gasteiger partial charge in [0.15, 0.2) is 0 Å². The summed E-state index contributed by atoms with van der Waals surface area (Å²) in [7, 11) is 0. The SMILES string of the molecule is CCCC(C(=O)NN)N1CCCNC(=O)C1. The van der Waals surface area contributed by atoms with Crippen molar-refractivity contribution in [1.82, 2.24) is 15.6 Å². The number of carbonyl (C=O) groups excluding carboxylic acids is 2. The summed E-state index contributed by atoms with van der Waals surface area (Å²) in [6.45, 7) is 3.71. The smallest absolute Gasteiger partial charge is 0.251 e. The molecule has 1 aliphatic heterocycles. The highest BCUT2D eigenvalue weighted by Gasteiger charge is 2.27. The first-order chi connectivity index (χ1) is 7.69. The van der Waals surface area contributed by atoms with E-state index < -0.39 is 0 Å². The van der Waals surface area contributed by atoms with E-state index in [1.54, 1.807) is 0 Å². The number of hydrogen-bond donors (Lipinski definition) is 3. The summed E-state index contributed by atoms with van der Waals surface area (Å²) in [5.74, 6) is 4.92. The van der Waals surface area contributed by atoms with Crippen LogP contribution < -0.4 is 16.6 Å². The number of nitrogens with one attached hydrogen (secondary N) is 2. The van der Waals surface area contributed by atoms with E-state index in [0.29, 0.717) is 6.54 Å². The van der Waals surface area contributed by atoms with Gasteiger partial charge in [-0.25, -0.2) is 5.84 Å². The van der Waals surface area contributed by atoms with Crippen molar-refractivity contribution >= 4 is 11.8 Å². The Labute approximate surface area is 95.5 Å². The molecule has 0 spiro atoms. The highest BCUT2D eigenvalue weighted by molar-refractivity contribution is 5.83. The predicted molar refractivity (Wildman–Crippen MR) is 60.2 cm³/mol. The fourth-order valence-electron chi connectivity index (χ4n) is 1.94. The molecule has 0 radical (unpaired) electrons. The predicted octanol–water partition coefficient (Wildman–Crippen LogP) is -1.03. The number of hydrazine groups is 1. The van der Waals surface area contributed by atoms with Crippen LogP contribution in [0, 0.1) is 0 Å². The first kappa shape index (κ1) is 12.9. The van der Waals surface area contributed by atoms with Gasteiger partial charge in [0.05, 0.1) is 12.6 Å². The van der Waals surface area contributed by atoms with E-state index >= 15 is 0 Å². The molecule has 0 saturated carbocycles. The van der Waals surface area contributed by atoms with Gasteiger partial charge in [0.1, 0.15) is 0 Å². The van der Waals surface area contributed by atoms with Crippen LogP contribution in [0.1, 0.15) is 26.2 Å². The first-order valence-corrected chi connectivity index (χ1v) is 5.70. The number of nitrogens with two attached hydrogens (primary N) is 1. The van der Waals surface area contributed by atoms with Crippen LogP contribution in [0.3, 0.4) is 0 Å². The second-order valence-electron chi connectivity index (χ2n) is 3.99. The third kappa shape index (κ3) is 3.46. The molecule has 0 aromatic carbocycles. The molecule has 0 aromatic rings. The minimum absolute atomic E-state index is 0.0246. The number of rotatable bonds is 4. The van der Waals surface area contributed by atoms with E-state index in [-0.39, 0.29) is 24.4 Å². The maximum absolute atomic E-state index is 11.6. The lowest BCUT2D eigenvalue weighted by Gasteiger charge is -2.27. The first-order valence-electron chi connectivity index (χ1n) is 5.70. The Morgan fingerprint density at radius 3 is 3.06 bits per heavy atom. The van der Waals surface area contributed by atoms with Crippen molar-refractivity contribution in [3.8, 4) is 0 Å². The van der Waals surface area contributed by atoms with Gasteiger partial charge in [-0.3, -0.25) is 19.9 Å². The molecule has 16 heavy (non-hydrogen) atoms. The minimum atomic E-state index is -0.293. The van der Waals surface area contributed by atoms with Crippen LogP contribution in [-0.4, -0.2) is 42.4 Å². The van der Waals surface area contributed by atoms with Crippen molar-refractivity contribution in [1.29, 1.82) is 0 Å². The Morgan fingerprint density at radius 1 is 1.69 bits per heavy atom. The maximum atomic E-state index is 11.6. The number of carbonyl (C=O) groups is 2. The summed E-state index contributed by atoms with van der Waals surface area (Å²) in [5.41, 5.74) is 2.17. The molecule has 1 atom stereocenters. The molecule has 1 heterocycles. The largest absolute Gasteiger partial charge is 0.355 e. The zero-order valence-electron chi connectivity index (χ0n) is 9.66. The van der Waals surface area contributed by atoms with Crippen LogP contribution in [0.4, 0.5) is 0 Å². The topological polar surface area (TPSA) is 87.5 Å². The fourth-order valence-corrected chi connectivity index (χ4v) is 1.94. The third-order valence-electron chi connectivity index (χ3n) is 2.74. The average molecular weight is 228 g/mol. The molecular weight excluding hydrogens is 208 g/mol. The zero-order chi connectivity index (χ0) is 12.0. The fraction of sp³-hybridized carbons (Fsp3) is 0.800. The molecule has 1 fully saturated rings. The van der Waals surface area contributed by atoms with E-state index in [4.69, 9.17) is 5.84 Å². The lowest BCUT2D eigenvalue weighted by atomic mass is 10.1. The van der Waals surface area contributed by atoms with E-state index in [2.05, 4.69) is 10.7 Å². The Balaban J connectivity index is 2.67. The second-order valence-corrected chi connectivity index (χ2v) is 3.99. The molecule has 4 N–H and O–H groups in total. The molecule has 1 aliphatic rings. The summed E-state index contributed by atoms with van der Waals surface area (Å²) >= 11 is 0. The van der Waals surface area contributed by atoms with Crippen molar-refractivity contribution in [2.45, 2.75) is 32.2 Å². The van der Waals surface area contributed by atoms with Crippen molar-refractivity contribution in [2.24, 2.45) is 5.84 Å². The second kappa shape index (κ2) is 6.44. The molecule has 6 heteroatoms. The highest BCUT2D eigenvalue weighted by atomic mass is 16.2. The molecule has 6 nitrogen and oxygen atoms in total. The molecule has 2 amide bonds. The van der Waals surface area contributed by atoms with E-state index in [1.807, 2.05) is 11.8 Å². The maximum Gasteiger partial charge on any atom is 0.251 e. The molecule has 92 valence electrons.